The molecule has 0 amide bonds. The topological polar surface area (TPSA) is 12.9 Å². The minimum absolute atomic E-state index is 0.494. The van der Waals surface area contributed by atoms with Crippen molar-refractivity contribution in [1.29, 1.82) is 0 Å². The average Bonchev–Trinajstić information content (AvgIpc) is 2.07. The van der Waals surface area contributed by atoms with Gasteiger partial charge in [-0.1, -0.05) is 19.1 Å². The van der Waals surface area contributed by atoms with Gasteiger partial charge in [0, 0.05) is 17.8 Å². The van der Waals surface area contributed by atoms with E-state index in [1.165, 1.54) is 0 Å². The normalized spacial score (nSPS) is 12.5. The van der Waals surface area contributed by atoms with E-state index in [4.69, 9.17) is 0 Å². The molecule has 0 saturated carbocycles. The zero-order valence-electron chi connectivity index (χ0n) is 6.83. The summed E-state index contributed by atoms with van der Waals surface area (Å²) in [6, 6.07) is 6.00. The summed E-state index contributed by atoms with van der Waals surface area (Å²) in [4.78, 5) is 4.25. The third kappa shape index (κ3) is 2.19. The molecule has 0 saturated heterocycles. The summed E-state index contributed by atoms with van der Waals surface area (Å²) in [7, 11) is 0. The lowest BCUT2D eigenvalue weighted by atomic mass is 10.0. The van der Waals surface area contributed by atoms with E-state index in [-0.39, 0.29) is 0 Å². The van der Waals surface area contributed by atoms with Crippen molar-refractivity contribution < 1.29 is 0 Å². The standard InChI is InChI=1S/C10H13N/c1-3-6-9(2)10-7-4-5-8-11-10/h3-5,7-9H,1,6H2,2H3. The highest BCUT2D eigenvalue weighted by atomic mass is 14.7. The summed E-state index contributed by atoms with van der Waals surface area (Å²) in [6.07, 6.45) is 4.76. The molecule has 0 aliphatic heterocycles. The lowest BCUT2D eigenvalue weighted by Crippen LogP contribution is -1.93. The first-order valence-electron chi connectivity index (χ1n) is 3.86. The van der Waals surface area contributed by atoms with Gasteiger partial charge in [-0.3, -0.25) is 4.98 Å². The van der Waals surface area contributed by atoms with Crippen LogP contribution in [0.25, 0.3) is 0 Å². The molecule has 0 bridgehead atoms. The van der Waals surface area contributed by atoms with Crippen molar-refractivity contribution in [3.05, 3.63) is 42.7 Å². The molecule has 1 aromatic heterocycles. The van der Waals surface area contributed by atoms with E-state index in [9.17, 15) is 0 Å². The SMILES string of the molecule is C=CCC(C)c1ccccn1. The Balaban J connectivity index is 2.68. The Morgan fingerprint density at radius 1 is 1.64 bits per heavy atom. The first-order valence-corrected chi connectivity index (χ1v) is 3.86. The minimum atomic E-state index is 0.494. The van der Waals surface area contributed by atoms with Gasteiger partial charge in [-0.2, -0.15) is 0 Å². The molecule has 0 aliphatic carbocycles. The molecule has 1 heteroatoms. The van der Waals surface area contributed by atoms with E-state index in [1.807, 2.05) is 30.5 Å². The highest BCUT2D eigenvalue weighted by Crippen LogP contribution is 2.15. The highest BCUT2D eigenvalue weighted by Gasteiger charge is 2.01. The molecule has 0 aliphatic rings. The molecular formula is C10H13N. The number of allylic oxidation sites excluding steroid dienone is 1. The Morgan fingerprint density at radius 2 is 2.45 bits per heavy atom. The number of nitrogens with zero attached hydrogens (tertiary/aromatic N) is 1. The molecule has 0 fully saturated rings. The van der Waals surface area contributed by atoms with Crippen LogP contribution in [0.4, 0.5) is 0 Å². The van der Waals surface area contributed by atoms with Crippen LogP contribution >= 0.6 is 0 Å². The first-order chi connectivity index (χ1) is 5.34. The average molecular weight is 147 g/mol. The Bertz CT molecular complexity index is 216. The van der Waals surface area contributed by atoms with E-state index in [1.54, 1.807) is 0 Å². The summed E-state index contributed by atoms with van der Waals surface area (Å²) >= 11 is 0. The quantitative estimate of drug-likeness (QED) is 0.599. The smallest absolute Gasteiger partial charge is 0.0434 e. The third-order valence-corrected chi connectivity index (χ3v) is 1.71. The maximum atomic E-state index is 4.25. The predicted molar refractivity (Wildman–Crippen MR) is 47.5 cm³/mol. The Kier molecular flexibility index (Phi) is 2.84. The number of hydrogen-bond acceptors (Lipinski definition) is 1. The van der Waals surface area contributed by atoms with Crippen LogP contribution in [0.1, 0.15) is 25.0 Å². The largest absolute Gasteiger partial charge is 0.261 e. The van der Waals surface area contributed by atoms with Crippen molar-refractivity contribution in [3.8, 4) is 0 Å². The summed E-state index contributed by atoms with van der Waals surface area (Å²) < 4.78 is 0. The van der Waals surface area contributed by atoms with Gasteiger partial charge in [-0.25, -0.2) is 0 Å². The molecule has 1 nitrogen and oxygen atoms in total. The third-order valence-electron chi connectivity index (χ3n) is 1.71. The van der Waals surface area contributed by atoms with Crippen LogP contribution < -0.4 is 0 Å². The summed E-state index contributed by atoms with van der Waals surface area (Å²) in [6.45, 7) is 5.86. The molecule has 0 N–H and O–H groups in total. The van der Waals surface area contributed by atoms with Gasteiger partial charge in [0.25, 0.3) is 0 Å². The van der Waals surface area contributed by atoms with Crippen molar-refractivity contribution in [2.24, 2.45) is 0 Å². The van der Waals surface area contributed by atoms with E-state index < -0.39 is 0 Å². The van der Waals surface area contributed by atoms with Gasteiger partial charge in [-0.15, -0.1) is 6.58 Å². The molecule has 0 aromatic carbocycles. The number of aromatic nitrogens is 1. The van der Waals surface area contributed by atoms with Gasteiger partial charge in [0.05, 0.1) is 0 Å². The molecule has 1 unspecified atom stereocenters. The Morgan fingerprint density at radius 3 is 3.00 bits per heavy atom. The molecule has 0 spiro atoms. The summed E-state index contributed by atoms with van der Waals surface area (Å²) in [5, 5.41) is 0. The Labute approximate surface area is 67.8 Å². The zero-order valence-corrected chi connectivity index (χ0v) is 6.83. The molecule has 1 rings (SSSR count). The Hall–Kier alpha value is -1.11. The zero-order chi connectivity index (χ0) is 8.10. The van der Waals surface area contributed by atoms with Crippen LogP contribution in [-0.2, 0) is 0 Å². The van der Waals surface area contributed by atoms with Crippen LogP contribution in [0.3, 0.4) is 0 Å². The summed E-state index contributed by atoms with van der Waals surface area (Å²) in [5.74, 6) is 0.494. The maximum absolute atomic E-state index is 4.25. The van der Waals surface area contributed by atoms with Crippen LogP contribution in [0.2, 0.25) is 0 Å². The molecule has 1 heterocycles. The molecule has 58 valence electrons. The van der Waals surface area contributed by atoms with Gasteiger partial charge in [0.1, 0.15) is 0 Å². The van der Waals surface area contributed by atoms with E-state index in [2.05, 4.69) is 18.5 Å². The molecule has 0 radical (unpaired) electrons. The fraction of sp³-hybridized carbons (Fsp3) is 0.300. The van der Waals surface area contributed by atoms with Crippen LogP contribution in [0.15, 0.2) is 37.1 Å². The number of hydrogen-bond donors (Lipinski definition) is 0. The highest BCUT2D eigenvalue weighted by molar-refractivity contribution is 5.09. The molecule has 11 heavy (non-hydrogen) atoms. The molecule has 1 atom stereocenters. The van der Waals surface area contributed by atoms with Crippen LogP contribution in [0, 0.1) is 0 Å². The molecular weight excluding hydrogens is 134 g/mol. The fourth-order valence-electron chi connectivity index (χ4n) is 1.04. The van der Waals surface area contributed by atoms with E-state index >= 15 is 0 Å². The van der Waals surface area contributed by atoms with Gasteiger partial charge >= 0.3 is 0 Å². The predicted octanol–water partition coefficient (Wildman–Crippen LogP) is 2.76. The van der Waals surface area contributed by atoms with Gasteiger partial charge in [0.15, 0.2) is 0 Å². The second kappa shape index (κ2) is 3.91. The van der Waals surface area contributed by atoms with E-state index in [0.29, 0.717) is 5.92 Å². The van der Waals surface area contributed by atoms with Gasteiger partial charge < -0.3 is 0 Å². The first kappa shape index (κ1) is 7.99. The minimum Gasteiger partial charge on any atom is -0.261 e. The second-order valence-electron chi connectivity index (χ2n) is 2.68. The fourth-order valence-corrected chi connectivity index (χ4v) is 1.04. The monoisotopic (exact) mass is 147 g/mol. The lowest BCUT2D eigenvalue weighted by molar-refractivity contribution is 0.750. The van der Waals surface area contributed by atoms with E-state index in [0.717, 1.165) is 12.1 Å². The van der Waals surface area contributed by atoms with Gasteiger partial charge in [0.2, 0.25) is 0 Å². The van der Waals surface area contributed by atoms with Gasteiger partial charge in [-0.05, 0) is 18.6 Å². The van der Waals surface area contributed by atoms with Crippen LogP contribution in [0.5, 0.6) is 0 Å². The molecule has 1 aromatic rings. The second-order valence-corrected chi connectivity index (χ2v) is 2.68. The summed E-state index contributed by atoms with van der Waals surface area (Å²) in [5.41, 5.74) is 1.15. The van der Waals surface area contributed by atoms with Crippen molar-refractivity contribution >= 4 is 0 Å². The van der Waals surface area contributed by atoms with Crippen molar-refractivity contribution in [1.82, 2.24) is 4.98 Å². The van der Waals surface area contributed by atoms with Crippen molar-refractivity contribution in [2.75, 3.05) is 0 Å². The number of rotatable bonds is 3. The van der Waals surface area contributed by atoms with Crippen molar-refractivity contribution in [3.63, 3.8) is 0 Å². The maximum Gasteiger partial charge on any atom is 0.0434 e. The van der Waals surface area contributed by atoms with Crippen LogP contribution in [-0.4, -0.2) is 4.98 Å². The van der Waals surface area contributed by atoms with Crippen molar-refractivity contribution in [2.45, 2.75) is 19.3 Å². The number of pyridine rings is 1. The lowest BCUT2D eigenvalue weighted by Gasteiger charge is -2.05.